The van der Waals surface area contributed by atoms with Crippen LogP contribution >= 0.6 is 11.3 Å². The maximum absolute atomic E-state index is 12.1. The molecule has 0 amide bonds. The Morgan fingerprint density at radius 2 is 2.14 bits per heavy atom. The Balaban J connectivity index is 1.93. The third kappa shape index (κ3) is 2.68. The molecular formula is C17H19NO2S. The van der Waals surface area contributed by atoms with Gasteiger partial charge in [0.05, 0.1) is 12.2 Å². The zero-order valence-electron chi connectivity index (χ0n) is 12.1. The number of fused-ring (bicyclic) bond motifs is 1. The fourth-order valence-corrected chi connectivity index (χ4v) is 4.14. The van der Waals surface area contributed by atoms with Crippen LogP contribution in [0.25, 0.3) is 0 Å². The molecule has 21 heavy (non-hydrogen) atoms. The number of carbonyl (C=O) groups is 1. The van der Waals surface area contributed by atoms with Gasteiger partial charge in [-0.2, -0.15) is 0 Å². The van der Waals surface area contributed by atoms with Crippen LogP contribution in [0, 0.1) is 0 Å². The van der Waals surface area contributed by atoms with E-state index in [-0.39, 0.29) is 5.97 Å². The van der Waals surface area contributed by atoms with Crippen LogP contribution in [0.3, 0.4) is 0 Å². The number of aryl methyl sites for hydroxylation is 1. The van der Waals surface area contributed by atoms with Crippen molar-refractivity contribution in [2.75, 3.05) is 12.3 Å². The van der Waals surface area contributed by atoms with Crippen molar-refractivity contribution in [1.29, 1.82) is 0 Å². The highest BCUT2D eigenvalue weighted by atomic mass is 32.1. The van der Waals surface area contributed by atoms with E-state index < -0.39 is 0 Å². The molecule has 1 aliphatic rings. The maximum Gasteiger partial charge on any atom is 0.341 e. The van der Waals surface area contributed by atoms with E-state index in [2.05, 4.69) is 24.3 Å². The van der Waals surface area contributed by atoms with E-state index >= 15 is 0 Å². The maximum atomic E-state index is 12.1. The number of nitrogen functional groups attached to an aromatic ring is 1. The van der Waals surface area contributed by atoms with Gasteiger partial charge in [-0.25, -0.2) is 4.79 Å². The van der Waals surface area contributed by atoms with E-state index in [1.165, 1.54) is 10.4 Å². The second-order valence-electron chi connectivity index (χ2n) is 5.31. The first-order chi connectivity index (χ1) is 10.2. The standard InChI is InChI=1S/C17H19NO2S/c1-2-20-17(19)15-13-10-12(11-6-4-3-5-7-11)8-9-14(13)21-16(15)18/h3-7,12H,2,8-10,18H2,1H3. The van der Waals surface area contributed by atoms with Gasteiger partial charge in [0.2, 0.25) is 0 Å². The second-order valence-corrected chi connectivity index (χ2v) is 6.45. The van der Waals surface area contributed by atoms with Crippen molar-refractivity contribution < 1.29 is 9.53 Å². The number of carbonyl (C=O) groups excluding carboxylic acids is 1. The Kier molecular flexibility index (Phi) is 3.97. The average molecular weight is 301 g/mol. The predicted molar refractivity (Wildman–Crippen MR) is 85.9 cm³/mol. The fraction of sp³-hybridized carbons (Fsp3) is 0.353. The first-order valence-corrected chi connectivity index (χ1v) is 8.14. The lowest BCUT2D eigenvalue weighted by Gasteiger charge is -2.23. The van der Waals surface area contributed by atoms with Gasteiger partial charge in [0, 0.05) is 4.88 Å². The molecule has 1 heterocycles. The summed E-state index contributed by atoms with van der Waals surface area (Å²) in [6, 6.07) is 10.5. The molecule has 1 unspecified atom stereocenters. The number of hydrogen-bond acceptors (Lipinski definition) is 4. The van der Waals surface area contributed by atoms with Crippen LogP contribution in [0.15, 0.2) is 30.3 Å². The third-order valence-corrected chi connectivity index (χ3v) is 5.16. The lowest BCUT2D eigenvalue weighted by molar-refractivity contribution is 0.0526. The highest BCUT2D eigenvalue weighted by Crippen LogP contribution is 2.41. The van der Waals surface area contributed by atoms with Crippen molar-refractivity contribution in [1.82, 2.24) is 0 Å². The molecular weight excluding hydrogens is 282 g/mol. The van der Waals surface area contributed by atoms with Crippen LogP contribution in [-0.4, -0.2) is 12.6 Å². The van der Waals surface area contributed by atoms with Crippen molar-refractivity contribution in [2.45, 2.75) is 32.1 Å². The molecule has 0 fully saturated rings. The van der Waals surface area contributed by atoms with Gasteiger partial charge in [0.15, 0.2) is 0 Å². The Hall–Kier alpha value is -1.81. The number of esters is 1. The summed E-state index contributed by atoms with van der Waals surface area (Å²) in [5, 5.41) is 0.604. The summed E-state index contributed by atoms with van der Waals surface area (Å²) >= 11 is 1.55. The van der Waals surface area contributed by atoms with Gasteiger partial charge < -0.3 is 10.5 Å². The largest absolute Gasteiger partial charge is 0.462 e. The van der Waals surface area contributed by atoms with Crippen LogP contribution in [0.4, 0.5) is 5.00 Å². The van der Waals surface area contributed by atoms with Gasteiger partial charge in [-0.15, -0.1) is 11.3 Å². The van der Waals surface area contributed by atoms with Crippen molar-refractivity contribution in [3.8, 4) is 0 Å². The van der Waals surface area contributed by atoms with E-state index in [1.807, 2.05) is 13.0 Å². The number of anilines is 1. The van der Waals surface area contributed by atoms with Crippen molar-refractivity contribution in [3.05, 3.63) is 51.9 Å². The molecule has 0 saturated heterocycles. The fourth-order valence-electron chi connectivity index (χ4n) is 3.04. The molecule has 3 nitrogen and oxygen atoms in total. The number of hydrogen-bond donors (Lipinski definition) is 1. The van der Waals surface area contributed by atoms with Crippen LogP contribution in [0.2, 0.25) is 0 Å². The predicted octanol–water partition coefficient (Wildman–Crippen LogP) is 3.78. The molecule has 2 aromatic rings. The first-order valence-electron chi connectivity index (χ1n) is 7.32. The van der Waals surface area contributed by atoms with Gasteiger partial charge in [0.25, 0.3) is 0 Å². The molecule has 2 N–H and O–H groups in total. The quantitative estimate of drug-likeness (QED) is 0.878. The molecule has 110 valence electrons. The van der Waals surface area contributed by atoms with E-state index in [1.54, 1.807) is 11.3 Å². The molecule has 0 bridgehead atoms. The second kappa shape index (κ2) is 5.90. The lowest BCUT2D eigenvalue weighted by atomic mass is 9.82. The molecule has 3 rings (SSSR count). The van der Waals surface area contributed by atoms with Gasteiger partial charge in [0.1, 0.15) is 5.00 Å². The molecule has 1 aliphatic carbocycles. The molecule has 1 aromatic heterocycles. The number of thiophene rings is 1. The van der Waals surface area contributed by atoms with Crippen molar-refractivity contribution in [2.24, 2.45) is 0 Å². The summed E-state index contributed by atoms with van der Waals surface area (Å²) in [7, 11) is 0. The molecule has 1 atom stereocenters. The van der Waals surface area contributed by atoms with Crippen LogP contribution < -0.4 is 5.73 Å². The molecule has 0 radical (unpaired) electrons. The first kappa shape index (κ1) is 14.1. The summed E-state index contributed by atoms with van der Waals surface area (Å²) in [5.74, 6) is 0.182. The SMILES string of the molecule is CCOC(=O)c1c(N)sc2c1CC(c1ccccc1)CC2. The Bertz CT molecular complexity index is 648. The average Bonchev–Trinajstić information content (AvgIpc) is 2.83. The van der Waals surface area contributed by atoms with Crippen molar-refractivity contribution >= 4 is 22.3 Å². The highest BCUT2D eigenvalue weighted by molar-refractivity contribution is 7.16. The zero-order chi connectivity index (χ0) is 14.8. The minimum atomic E-state index is -0.277. The minimum absolute atomic E-state index is 0.277. The lowest BCUT2D eigenvalue weighted by Crippen LogP contribution is -2.15. The zero-order valence-corrected chi connectivity index (χ0v) is 12.9. The summed E-state index contributed by atoms with van der Waals surface area (Å²) < 4.78 is 5.16. The molecule has 4 heteroatoms. The van der Waals surface area contributed by atoms with E-state index in [9.17, 15) is 4.79 Å². The molecule has 0 spiro atoms. The van der Waals surface area contributed by atoms with Gasteiger partial charge in [-0.1, -0.05) is 30.3 Å². The van der Waals surface area contributed by atoms with E-state index in [0.717, 1.165) is 24.8 Å². The number of nitrogens with two attached hydrogens (primary N) is 1. The highest BCUT2D eigenvalue weighted by Gasteiger charge is 2.29. The van der Waals surface area contributed by atoms with Gasteiger partial charge in [-0.3, -0.25) is 0 Å². The monoisotopic (exact) mass is 301 g/mol. The van der Waals surface area contributed by atoms with Gasteiger partial charge in [-0.05, 0) is 43.2 Å². The van der Waals surface area contributed by atoms with Crippen LogP contribution in [-0.2, 0) is 17.6 Å². The van der Waals surface area contributed by atoms with E-state index in [4.69, 9.17) is 10.5 Å². The summed E-state index contributed by atoms with van der Waals surface area (Å²) in [5.41, 5.74) is 9.11. The topological polar surface area (TPSA) is 52.3 Å². The normalized spacial score (nSPS) is 17.3. The molecule has 1 aromatic carbocycles. The Morgan fingerprint density at radius 1 is 1.38 bits per heavy atom. The van der Waals surface area contributed by atoms with Crippen LogP contribution in [0.5, 0.6) is 0 Å². The Morgan fingerprint density at radius 3 is 2.86 bits per heavy atom. The smallest absolute Gasteiger partial charge is 0.341 e. The van der Waals surface area contributed by atoms with E-state index in [0.29, 0.717) is 23.1 Å². The van der Waals surface area contributed by atoms with Gasteiger partial charge >= 0.3 is 5.97 Å². The molecule has 0 saturated carbocycles. The summed E-state index contributed by atoms with van der Waals surface area (Å²) in [4.78, 5) is 13.4. The summed E-state index contributed by atoms with van der Waals surface area (Å²) in [6.45, 7) is 2.20. The number of ether oxygens (including phenoxy) is 1. The number of rotatable bonds is 3. The third-order valence-electron chi connectivity index (χ3n) is 4.04. The summed E-state index contributed by atoms with van der Waals surface area (Å²) in [6.07, 6.45) is 2.98. The van der Waals surface area contributed by atoms with Crippen LogP contribution in [0.1, 0.15) is 45.6 Å². The number of benzene rings is 1. The Labute approximate surface area is 128 Å². The molecule has 0 aliphatic heterocycles. The minimum Gasteiger partial charge on any atom is -0.462 e. The van der Waals surface area contributed by atoms with Crippen molar-refractivity contribution in [3.63, 3.8) is 0 Å².